The summed E-state index contributed by atoms with van der Waals surface area (Å²) in [4.78, 5) is 31.6. The van der Waals surface area contributed by atoms with Crippen LogP contribution >= 0.6 is 11.3 Å². The number of benzene rings is 1. The van der Waals surface area contributed by atoms with E-state index in [2.05, 4.69) is 10.1 Å². The molecule has 4 rings (SSSR count). The van der Waals surface area contributed by atoms with Gasteiger partial charge in [0, 0.05) is 35.3 Å². The number of aryl methyl sites for hydroxylation is 1. The topological polar surface area (TPSA) is 71.0 Å². The number of likely N-dealkylation sites (tertiary alicyclic amines) is 1. The quantitative estimate of drug-likeness (QED) is 0.770. The lowest BCUT2D eigenvalue weighted by Gasteiger charge is -2.14. The van der Waals surface area contributed by atoms with Crippen molar-refractivity contribution in [1.82, 2.24) is 19.7 Å². The molecule has 1 fully saturated rings. The van der Waals surface area contributed by atoms with Gasteiger partial charge in [-0.15, -0.1) is 11.3 Å². The Kier molecular flexibility index (Phi) is 4.46. The van der Waals surface area contributed by atoms with Crippen LogP contribution in [0.5, 0.6) is 0 Å². The standard InChI is InChI=1S/C19H20N4O2S/c1-13-15(11-17(24)22-9-5-6-10-22)18(25)23(21-13)19-20-16(12-26-19)14-7-3-2-4-8-14/h2-4,7-8,12,21H,5-6,9-11H2,1H3. The molecule has 0 radical (unpaired) electrons. The van der Waals surface area contributed by atoms with E-state index in [0.29, 0.717) is 10.7 Å². The summed E-state index contributed by atoms with van der Waals surface area (Å²) in [5, 5.41) is 5.58. The second kappa shape index (κ2) is 6.92. The molecule has 0 saturated carbocycles. The average Bonchev–Trinajstić information content (AvgIpc) is 3.39. The van der Waals surface area contributed by atoms with Gasteiger partial charge in [-0.25, -0.2) is 4.98 Å². The molecule has 1 aromatic carbocycles. The largest absolute Gasteiger partial charge is 0.342 e. The van der Waals surface area contributed by atoms with E-state index in [9.17, 15) is 9.59 Å². The van der Waals surface area contributed by atoms with Gasteiger partial charge in [-0.2, -0.15) is 4.68 Å². The van der Waals surface area contributed by atoms with Crippen LogP contribution in [0.2, 0.25) is 0 Å². The highest BCUT2D eigenvalue weighted by molar-refractivity contribution is 7.12. The number of hydrogen-bond donors (Lipinski definition) is 1. The van der Waals surface area contributed by atoms with Crippen molar-refractivity contribution in [2.24, 2.45) is 0 Å². The third-order valence-electron chi connectivity index (χ3n) is 4.73. The normalized spacial score (nSPS) is 14.1. The molecule has 0 atom stereocenters. The van der Waals surface area contributed by atoms with Crippen LogP contribution in [0.4, 0.5) is 0 Å². The predicted molar refractivity (Wildman–Crippen MR) is 102 cm³/mol. The molecule has 26 heavy (non-hydrogen) atoms. The first kappa shape index (κ1) is 16.8. The summed E-state index contributed by atoms with van der Waals surface area (Å²) in [5.41, 5.74) is 2.90. The van der Waals surface area contributed by atoms with E-state index in [1.165, 1.54) is 16.0 Å². The van der Waals surface area contributed by atoms with Crippen LogP contribution in [-0.2, 0) is 11.2 Å². The van der Waals surface area contributed by atoms with E-state index in [1.54, 1.807) is 0 Å². The summed E-state index contributed by atoms with van der Waals surface area (Å²) in [7, 11) is 0. The number of carbonyl (C=O) groups excluding carboxylic acids is 1. The molecule has 1 aliphatic heterocycles. The number of amides is 1. The van der Waals surface area contributed by atoms with Gasteiger partial charge in [0.2, 0.25) is 11.0 Å². The molecule has 0 unspecified atom stereocenters. The Bertz CT molecular complexity index is 981. The number of hydrogen-bond acceptors (Lipinski definition) is 4. The van der Waals surface area contributed by atoms with Crippen molar-refractivity contribution in [3.63, 3.8) is 0 Å². The van der Waals surface area contributed by atoms with Crippen molar-refractivity contribution in [3.8, 4) is 16.4 Å². The lowest BCUT2D eigenvalue weighted by molar-refractivity contribution is -0.129. The van der Waals surface area contributed by atoms with Gasteiger partial charge in [0.25, 0.3) is 5.56 Å². The zero-order chi connectivity index (χ0) is 18.1. The van der Waals surface area contributed by atoms with Gasteiger partial charge < -0.3 is 4.90 Å². The number of carbonyl (C=O) groups is 1. The van der Waals surface area contributed by atoms with Gasteiger partial charge in [0.05, 0.1) is 12.1 Å². The van der Waals surface area contributed by atoms with Crippen molar-refractivity contribution in [2.75, 3.05) is 13.1 Å². The van der Waals surface area contributed by atoms with E-state index < -0.39 is 0 Å². The van der Waals surface area contributed by atoms with Gasteiger partial charge in [0.15, 0.2) is 0 Å². The summed E-state index contributed by atoms with van der Waals surface area (Å²) >= 11 is 1.40. The van der Waals surface area contributed by atoms with Crippen molar-refractivity contribution < 1.29 is 4.79 Å². The first-order valence-corrected chi connectivity index (χ1v) is 9.61. The fourth-order valence-corrected chi connectivity index (χ4v) is 4.05. The monoisotopic (exact) mass is 368 g/mol. The third-order valence-corrected chi connectivity index (χ3v) is 5.56. The smallest absolute Gasteiger partial charge is 0.277 e. The molecule has 134 valence electrons. The Morgan fingerprint density at radius 1 is 1.23 bits per heavy atom. The van der Waals surface area contributed by atoms with Crippen molar-refractivity contribution in [2.45, 2.75) is 26.2 Å². The summed E-state index contributed by atoms with van der Waals surface area (Å²) < 4.78 is 1.44. The fourth-order valence-electron chi connectivity index (χ4n) is 3.26. The van der Waals surface area contributed by atoms with Crippen molar-refractivity contribution in [3.05, 3.63) is 57.3 Å². The van der Waals surface area contributed by atoms with Crippen molar-refractivity contribution in [1.29, 1.82) is 0 Å². The number of H-pyrrole nitrogens is 1. The highest BCUT2D eigenvalue weighted by Crippen LogP contribution is 2.23. The SMILES string of the molecule is Cc1[nH]n(-c2nc(-c3ccccc3)cs2)c(=O)c1CC(=O)N1CCCC1. The first-order chi connectivity index (χ1) is 12.6. The van der Waals surface area contributed by atoms with E-state index in [-0.39, 0.29) is 17.9 Å². The maximum atomic E-state index is 12.8. The molecule has 0 spiro atoms. The van der Waals surface area contributed by atoms with Crippen LogP contribution in [-0.4, -0.2) is 38.7 Å². The minimum atomic E-state index is -0.191. The molecule has 7 heteroatoms. The van der Waals surface area contributed by atoms with Crippen LogP contribution in [0, 0.1) is 6.92 Å². The van der Waals surface area contributed by atoms with Gasteiger partial charge >= 0.3 is 0 Å². The van der Waals surface area contributed by atoms with Gasteiger partial charge in [0.1, 0.15) is 0 Å². The lowest BCUT2D eigenvalue weighted by Crippen LogP contribution is -2.31. The highest BCUT2D eigenvalue weighted by Gasteiger charge is 2.22. The van der Waals surface area contributed by atoms with Crippen LogP contribution in [0.3, 0.4) is 0 Å². The molecule has 3 heterocycles. The number of thiazole rings is 1. The van der Waals surface area contributed by atoms with E-state index in [0.717, 1.165) is 42.9 Å². The summed E-state index contributed by atoms with van der Waals surface area (Å²) in [5.74, 6) is 0.0259. The second-order valence-corrected chi connectivity index (χ2v) is 7.34. The Labute approximate surface area is 155 Å². The molecule has 3 aromatic rings. The minimum absolute atomic E-state index is 0.0259. The number of rotatable bonds is 4. The zero-order valence-electron chi connectivity index (χ0n) is 14.6. The molecule has 1 aliphatic rings. The Balaban J connectivity index is 1.61. The Hall–Kier alpha value is -2.67. The lowest BCUT2D eigenvalue weighted by atomic mass is 10.2. The van der Waals surface area contributed by atoms with Gasteiger partial charge in [-0.05, 0) is 19.8 Å². The molecule has 6 nitrogen and oxygen atoms in total. The molecular formula is C19H20N4O2S. The predicted octanol–water partition coefficient (Wildman–Crippen LogP) is 2.76. The number of aromatic nitrogens is 3. The molecule has 0 aliphatic carbocycles. The zero-order valence-corrected chi connectivity index (χ0v) is 15.4. The van der Waals surface area contributed by atoms with E-state index in [4.69, 9.17) is 0 Å². The average molecular weight is 368 g/mol. The second-order valence-electron chi connectivity index (χ2n) is 6.50. The highest BCUT2D eigenvalue weighted by atomic mass is 32.1. The molecule has 0 bridgehead atoms. The number of nitrogens with one attached hydrogen (secondary N) is 1. The van der Waals surface area contributed by atoms with Crippen LogP contribution in [0.25, 0.3) is 16.4 Å². The fraction of sp³-hybridized carbons (Fsp3) is 0.316. The molecule has 1 amide bonds. The minimum Gasteiger partial charge on any atom is -0.342 e. The summed E-state index contributed by atoms with van der Waals surface area (Å²) in [6, 6.07) is 9.85. The van der Waals surface area contributed by atoms with Crippen LogP contribution in [0.15, 0.2) is 40.5 Å². The van der Waals surface area contributed by atoms with Gasteiger partial charge in [-0.1, -0.05) is 30.3 Å². The summed E-state index contributed by atoms with van der Waals surface area (Å²) in [6.07, 6.45) is 2.23. The third kappa shape index (κ3) is 3.10. The van der Waals surface area contributed by atoms with Gasteiger partial charge in [-0.3, -0.25) is 14.7 Å². The Morgan fingerprint density at radius 2 is 1.96 bits per heavy atom. The molecule has 2 aromatic heterocycles. The summed E-state index contributed by atoms with van der Waals surface area (Å²) in [6.45, 7) is 3.42. The van der Waals surface area contributed by atoms with E-state index in [1.807, 2.05) is 47.5 Å². The maximum Gasteiger partial charge on any atom is 0.277 e. The molecule has 1 N–H and O–H groups in total. The first-order valence-electron chi connectivity index (χ1n) is 8.73. The van der Waals surface area contributed by atoms with E-state index >= 15 is 0 Å². The van der Waals surface area contributed by atoms with Crippen LogP contribution in [0.1, 0.15) is 24.1 Å². The maximum absolute atomic E-state index is 12.8. The van der Waals surface area contributed by atoms with Crippen LogP contribution < -0.4 is 5.56 Å². The number of nitrogens with zero attached hydrogens (tertiary/aromatic N) is 3. The van der Waals surface area contributed by atoms with Crippen molar-refractivity contribution >= 4 is 17.2 Å². The molecular weight excluding hydrogens is 348 g/mol. The Morgan fingerprint density at radius 3 is 2.69 bits per heavy atom. The number of aromatic amines is 1. The molecule has 1 saturated heterocycles.